The molecule has 0 amide bonds. The summed E-state index contributed by atoms with van der Waals surface area (Å²) in [6.45, 7) is 4.34. The topological polar surface area (TPSA) is 65.7 Å². The van der Waals surface area contributed by atoms with Gasteiger partial charge in [-0.3, -0.25) is 9.78 Å². The third-order valence-corrected chi connectivity index (χ3v) is 2.67. The zero-order valence-electron chi connectivity index (χ0n) is 10.5. The van der Waals surface area contributed by atoms with Crippen molar-refractivity contribution in [1.82, 2.24) is 9.97 Å². The van der Waals surface area contributed by atoms with Gasteiger partial charge in [-0.2, -0.15) is 0 Å². The van der Waals surface area contributed by atoms with Gasteiger partial charge in [-0.25, -0.2) is 4.79 Å². The van der Waals surface area contributed by atoms with Crippen molar-refractivity contribution in [2.24, 2.45) is 5.92 Å². The Hall–Kier alpha value is -2.10. The monoisotopic (exact) mass is 244 g/mol. The summed E-state index contributed by atoms with van der Waals surface area (Å²) in [6.07, 6.45) is 1.02. The minimum absolute atomic E-state index is 0.389. The summed E-state index contributed by atoms with van der Waals surface area (Å²) in [4.78, 5) is 27.2. The SMILES string of the molecule is CC(C)Cc1ccc(-c2cc(=O)[nH]c(=O)[nH]2)cc1. The van der Waals surface area contributed by atoms with E-state index in [-0.39, 0.29) is 5.56 Å². The molecule has 4 nitrogen and oxygen atoms in total. The summed E-state index contributed by atoms with van der Waals surface area (Å²) < 4.78 is 0. The third-order valence-electron chi connectivity index (χ3n) is 2.67. The minimum atomic E-state index is -0.483. The zero-order valence-corrected chi connectivity index (χ0v) is 10.5. The van der Waals surface area contributed by atoms with Crippen LogP contribution in [0.4, 0.5) is 0 Å². The number of benzene rings is 1. The van der Waals surface area contributed by atoms with E-state index in [1.54, 1.807) is 0 Å². The van der Waals surface area contributed by atoms with E-state index in [0.29, 0.717) is 11.6 Å². The number of rotatable bonds is 3. The van der Waals surface area contributed by atoms with Gasteiger partial charge in [0, 0.05) is 6.07 Å². The summed E-state index contributed by atoms with van der Waals surface area (Å²) in [7, 11) is 0. The maximum Gasteiger partial charge on any atom is 0.326 e. The first-order valence-corrected chi connectivity index (χ1v) is 5.97. The normalized spacial score (nSPS) is 10.8. The van der Waals surface area contributed by atoms with Crippen molar-refractivity contribution in [2.75, 3.05) is 0 Å². The summed E-state index contributed by atoms with van der Waals surface area (Å²) >= 11 is 0. The van der Waals surface area contributed by atoms with Crippen LogP contribution in [0.3, 0.4) is 0 Å². The molecule has 0 fully saturated rings. The second-order valence-electron chi connectivity index (χ2n) is 4.80. The van der Waals surface area contributed by atoms with E-state index in [4.69, 9.17) is 0 Å². The highest BCUT2D eigenvalue weighted by Gasteiger charge is 2.02. The Morgan fingerprint density at radius 2 is 1.72 bits per heavy atom. The average Bonchev–Trinajstić information content (AvgIpc) is 2.27. The molecule has 2 rings (SSSR count). The van der Waals surface area contributed by atoms with Crippen LogP contribution in [-0.2, 0) is 6.42 Å². The third kappa shape index (κ3) is 2.97. The van der Waals surface area contributed by atoms with E-state index >= 15 is 0 Å². The fourth-order valence-corrected chi connectivity index (χ4v) is 1.92. The molecule has 0 bridgehead atoms. The van der Waals surface area contributed by atoms with Gasteiger partial charge in [0.15, 0.2) is 0 Å². The lowest BCUT2D eigenvalue weighted by Crippen LogP contribution is -2.21. The molecule has 94 valence electrons. The molecule has 0 radical (unpaired) electrons. The molecule has 0 atom stereocenters. The van der Waals surface area contributed by atoms with Gasteiger partial charge in [0.1, 0.15) is 0 Å². The number of H-pyrrole nitrogens is 2. The average molecular weight is 244 g/mol. The van der Waals surface area contributed by atoms with Crippen LogP contribution in [0.1, 0.15) is 19.4 Å². The van der Waals surface area contributed by atoms with Crippen LogP contribution in [0.5, 0.6) is 0 Å². The molecular weight excluding hydrogens is 228 g/mol. The lowest BCUT2D eigenvalue weighted by atomic mass is 10.0. The Bertz CT molecular complexity index is 608. The molecule has 0 aliphatic heterocycles. The van der Waals surface area contributed by atoms with E-state index in [1.165, 1.54) is 11.6 Å². The number of nitrogens with one attached hydrogen (secondary N) is 2. The first-order valence-electron chi connectivity index (χ1n) is 5.97. The molecule has 1 aromatic heterocycles. The number of aromatic amines is 2. The second-order valence-corrected chi connectivity index (χ2v) is 4.80. The molecule has 0 aliphatic carbocycles. The smallest absolute Gasteiger partial charge is 0.307 e. The highest BCUT2D eigenvalue weighted by atomic mass is 16.2. The van der Waals surface area contributed by atoms with E-state index < -0.39 is 5.69 Å². The van der Waals surface area contributed by atoms with Gasteiger partial charge in [-0.05, 0) is 23.5 Å². The van der Waals surface area contributed by atoms with Gasteiger partial charge < -0.3 is 4.98 Å². The summed E-state index contributed by atoms with van der Waals surface area (Å²) in [5.41, 5.74) is 1.76. The lowest BCUT2D eigenvalue weighted by Gasteiger charge is -2.06. The van der Waals surface area contributed by atoms with E-state index in [0.717, 1.165) is 12.0 Å². The Kier molecular flexibility index (Phi) is 3.46. The molecule has 0 aliphatic rings. The maximum absolute atomic E-state index is 11.2. The highest BCUT2D eigenvalue weighted by Crippen LogP contribution is 2.16. The Balaban J connectivity index is 2.34. The van der Waals surface area contributed by atoms with Gasteiger partial charge in [0.2, 0.25) is 0 Å². The summed E-state index contributed by atoms with van der Waals surface area (Å²) in [5, 5.41) is 0. The molecule has 2 N–H and O–H groups in total. The van der Waals surface area contributed by atoms with Crippen LogP contribution in [0.15, 0.2) is 39.9 Å². The number of aromatic nitrogens is 2. The van der Waals surface area contributed by atoms with Crippen molar-refractivity contribution in [3.8, 4) is 11.3 Å². The summed E-state index contributed by atoms with van der Waals surface area (Å²) in [5.74, 6) is 0.607. The molecule has 0 unspecified atom stereocenters. The number of hydrogen-bond donors (Lipinski definition) is 2. The van der Waals surface area contributed by atoms with Gasteiger partial charge in [-0.15, -0.1) is 0 Å². The molecule has 1 aromatic carbocycles. The van der Waals surface area contributed by atoms with Crippen molar-refractivity contribution in [1.29, 1.82) is 0 Å². The van der Waals surface area contributed by atoms with Crippen molar-refractivity contribution in [2.45, 2.75) is 20.3 Å². The van der Waals surface area contributed by atoms with Crippen LogP contribution >= 0.6 is 0 Å². The Morgan fingerprint density at radius 3 is 2.28 bits per heavy atom. The van der Waals surface area contributed by atoms with Gasteiger partial charge in [0.05, 0.1) is 5.69 Å². The van der Waals surface area contributed by atoms with Crippen molar-refractivity contribution < 1.29 is 0 Å². The molecule has 0 saturated carbocycles. The predicted octanol–water partition coefficient (Wildman–Crippen LogP) is 1.93. The van der Waals surface area contributed by atoms with E-state index in [2.05, 4.69) is 23.8 Å². The first-order chi connectivity index (χ1) is 8.54. The molecule has 0 spiro atoms. The fourth-order valence-electron chi connectivity index (χ4n) is 1.92. The molecule has 4 heteroatoms. The van der Waals surface area contributed by atoms with Crippen molar-refractivity contribution >= 4 is 0 Å². The van der Waals surface area contributed by atoms with Crippen molar-refractivity contribution in [3.63, 3.8) is 0 Å². The molecular formula is C14H16N2O2. The zero-order chi connectivity index (χ0) is 13.1. The van der Waals surface area contributed by atoms with Crippen LogP contribution in [0, 0.1) is 5.92 Å². The largest absolute Gasteiger partial charge is 0.326 e. The van der Waals surface area contributed by atoms with Gasteiger partial charge in [0.25, 0.3) is 5.56 Å². The standard InChI is InChI=1S/C14H16N2O2/c1-9(2)7-10-3-5-11(6-4-10)12-8-13(17)16-14(18)15-12/h3-6,8-9H,7H2,1-2H3,(H2,15,16,17,18). The van der Waals surface area contributed by atoms with Crippen LogP contribution < -0.4 is 11.2 Å². The van der Waals surface area contributed by atoms with Crippen molar-refractivity contribution in [3.05, 3.63) is 56.7 Å². The maximum atomic E-state index is 11.2. The van der Waals surface area contributed by atoms with Gasteiger partial charge >= 0.3 is 5.69 Å². The highest BCUT2D eigenvalue weighted by molar-refractivity contribution is 5.58. The Labute approximate surface area is 105 Å². The Morgan fingerprint density at radius 1 is 1.06 bits per heavy atom. The van der Waals surface area contributed by atoms with Crippen LogP contribution in [0.25, 0.3) is 11.3 Å². The van der Waals surface area contributed by atoms with Crippen LogP contribution in [-0.4, -0.2) is 9.97 Å². The molecule has 0 saturated heterocycles. The molecule has 1 heterocycles. The summed E-state index contributed by atoms with van der Waals surface area (Å²) in [6, 6.07) is 9.27. The van der Waals surface area contributed by atoms with Gasteiger partial charge in [-0.1, -0.05) is 38.1 Å². The van der Waals surface area contributed by atoms with E-state index in [1.807, 2.05) is 24.3 Å². The lowest BCUT2D eigenvalue weighted by molar-refractivity contribution is 0.647. The van der Waals surface area contributed by atoms with E-state index in [9.17, 15) is 9.59 Å². The number of hydrogen-bond acceptors (Lipinski definition) is 2. The predicted molar refractivity (Wildman–Crippen MR) is 71.7 cm³/mol. The first kappa shape index (κ1) is 12.4. The fraction of sp³-hybridized carbons (Fsp3) is 0.286. The molecule has 18 heavy (non-hydrogen) atoms. The second kappa shape index (κ2) is 5.04. The van der Waals surface area contributed by atoms with Crippen LogP contribution in [0.2, 0.25) is 0 Å². The molecule has 2 aromatic rings. The quantitative estimate of drug-likeness (QED) is 0.866. The minimum Gasteiger partial charge on any atom is -0.307 e.